The molecule has 2 aromatic rings. The first-order chi connectivity index (χ1) is 12.3. The molecular formula is C20H22O5S. The molecule has 0 aliphatic heterocycles. The molecule has 0 fully saturated rings. The van der Waals surface area contributed by atoms with Crippen molar-refractivity contribution in [3.63, 3.8) is 0 Å². The van der Waals surface area contributed by atoms with Crippen molar-refractivity contribution in [2.24, 2.45) is 0 Å². The van der Waals surface area contributed by atoms with Crippen molar-refractivity contribution in [2.45, 2.75) is 39.7 Å². The predicted octanol–water partition coefficient (Wildman–Crippen LogP) is 4.15. The van der Waals surface area contributed by atoms with Gasteiger partial charge in [-0.15, -0.1) is 11.3 Å². The highest BCUT2D eigenvalue weighted by molar-refractivity contribution is 7.12. The Labute approximate surface area is 156 Å². The van der Waals surface area contributed by atoms with Crippen LogP contribution in [0.25, 0.3) is 0 Å². The minimum absolute atomic E-state index is 0.0482. The molecule has 0 saturated carbocycles. The molecular weight excluding hydrogens is 352 g/mol. The summed E-state index contributed by atoms with van der Waals surface area (Å²) in [5, 5.41) is 0. The quantitative estimate of drug-likeness (QED) is 0.513. The van der Waals surface area contributed by atoms with Crippen LogP contribution in [0.5, 0.6) is 5.75 Å². The summed E-state index contributed by atoms with van der Waals surface area (Å²) < 4.78 is 10.2. The SMILES string of the molecule is COc1ccc(C(=O)[C@H](C)OC(=O)CCC(=O)c2cc(C)sc2C)cc1. The van der Waals surface area contributed by atoms with E-state index in [1.165, 1.54) is 6.92 Å². The summed E-state index contributed by atoms with van der Waals surface area (Å²) >= 11 is 1.56. The van der Waals surface area contributed by atoms with Crippen molar-refractivity contribution in [3.05, 3.63) is 51.2 Å². The van der Waals surface area contributed by atoms with Gasteiger partial charge in [-0.25, -0.2) is 0 Å². The molecule has 0 unspecified atom stereocenters. The van der Waals surface area contributed by atoms with E-state index < -0.39 is 12.1 Å². The Bertz CT molecular complexity index is 804. The van der Waals surface area contributed by atoms with E-state index in [4.69, 9.17) is 9.47 Å². The van der Waals surface area contributed by atoms with E-state index in [1.54, 1.807) is 42.7 Å². The summed E-state index contributed by atoms with van der Waals surface area (Å²) in [5.74, 6) is -0.296. The molecule has 6 heteroatoms. The van der Waals surface area contributed by atoms with Gasteiger partial charge in [-0.3, -0.25) is 14.4 Å². The normalized spacial score (nSPS) is 11.7. The van der Waals surface area contributed by atoms with Gasteiger partial charge >= 0.3 is 5.97 Å². The molecule has 1 aromatic carbocycles. The van der Waals surface area contributed by atoms with Crippen LogP contribution in [0, 0.1) is 13.8 Å². The van der Waals surface area contributed by atoms with Gasteiger partial charge in [0.15, 0.2) is 11.9 Å². The van der Waals surface area contributed by atoms with Gasteiger partial charge in [0.1, 0.15) is 5.75 Å². The fraction of sp³-hybridized carbons (Fsp3) is 0.350. The molecule has 1 heterocycles. The van der Waals surface area contributed by atoms with Gasteiger partial charge in [-0.2, -0.15) is 0 Å². The highest BCUT2D eigenvalue weighted by Gasteiger charge is 2.21. The molecule has 0 N–H and O–H groups in total. The zero-order valence-corrected chi connectivity index (χ0v) is 16.1. The van der Waals surface area contributed by atoms with Crippen LogP contribution in [-0.2, 0) is 9.53 Å². The van der Waals surface area contributed by atoms with Crippen molar-refractivity contribution in [3.8, 4) is 5.75 Å². The van der Waals surface area contributed by atoms with E-state index in [-0.39, 0.29) is 24.4 Å². The standard InChI is InChI=1S/C20H22O5S/c1-12-11-17(14(3)26-12)18(21)9-10-19(22)25-13(2)20(23)15-5-7-16(24-4)8-6-15/h5-8,11,13H,9-10H2,1-4H3/t13-/m0/s1. The van der Waals surface area contributed by atoms with Crippen molar-refractivity contribution < 1.29 is 23.9 Å². The highest BCUT2D eigenvalue weighted by atomic mass is 32.1. The molecule has 2 rings (SSSR count). The Hall–Kier alpha value is -2.47. The number of Topliss-reactive ketones (excluding diaryl/α,β-unsaturated/α-hetero) is 2. The van der Waals surface area contributed by atoms with Gasteiger partial charge < -0.3 is 9.47 Å². The summed E-state index contributed by atoms with van der Waals surface area (Å²) in [6.07, 6.45) is -0.886. The Morgan fingerprint density at radius 1 is 1.08 bits per heavy atom. The van der Waals surface area contributed by atoms with Crippen LogP contribution < -0.4 is 4.74 Å². The first kappa shape index (κ1) is 19.8. The van der Waals surface area contributed by atoms with Crippen LogP contribution in [0.15, 0.2) is 30.3 Å². The number of methoxy groups -OCH3 is 1. The van der Waals surface area contributed by atoms with Crippen LogP contribution >= 0.6 is 11.3 Å². The van der Waals surface area contributed by atoms with Crippen LogP contribution in [0.3, 0.4) is 0 Å². The molecule has 138 valence electrons. The Kier molecular flexibility index (Phi) is 6.69. The molecule has 1 aromatic heterocycles. The Morgan fingerprint density at radius 3 is 2.27 bits per heavy atom. The number of rotatable bonds is 8. The van der Waals surface area contributed by atoms with Gasteiger partial charge in [0.2, 0.25) is 5.78 Å². The lowest BCUT2D eigenvalue weighted by Gasteiger charge is -2.12. The van der Waals surface area contributed by atoms with Gasteiger partial charge in [-0.1, -0.05) is 0 Å². The maximum absolute atomic E-state index is 12.3. The second-order valence-corrected chi connectivity index (χ2v) is 7.44. The maximum Gasteiger partial charge on any atom is 0.306 e. The number of hydrogen-bond acceptors (Lipinski definition) is 6. The maximum atomic E-state index is 12.3. The molecule has 0 bridgehead atoms. The first-order valence-electron chi connectivity index (χ1n) is 8.29. The molecule has 0 amide bonds. The number of carbonyl (C=O) groups is 3. The number of aryl methyl sites for hydroxylation is 2. The van der Waals surface area contributed by atoms with Gasteiger partial charge in [0, 0.05) is 27.3 Å². The molecule has 0 spiro atoms. The third-order valence-corrected chi connectivity index (χ3v) is 4.92. The lowest BCUT2D eigenvalue weighted by molar-refractivity contribution is -0.146. The number of hydrogen-bond donors (Lipinski definition) is 0. The second-order valence-electron chi connectivity index (χ2n) is 5.97. The number of benzene rings is 1. The van der Waals surface area contributed by atoms with E-state index in [0.29, 0.717) is 16.9 Å². The summed E-state index contributed by atoms with van der Waals surface area (Å²) in [5.41, 5.74) is 1.09. The molecule has 26 heavy (non-hydrogen) atoms. The molecule has 0 radical (unpaired) electrons. The van der Waals surface area contributed by atoms with Crippen LogP contribution in [-0.4, -0.2) is 30.7 Å². The molecule has 0 aliphatic carbocycles. The minimum atomic E-state index is -0.906. The third kappa shape index (κ3) is 5.02. The van der Waals surface area contributed by atoms with E-state index in [2.05, 4.69) is 0 Å². The topological polar surface area (TPSA) is 69.7 Å². The van der Waals surface area contributed by atoms with E-state index >= 15 is 0 Å². The largest absolute Gasteiger partial charge is 0.497 e. The van der Waals surface area contributed by atoms with Crippen molar-refractivity contribution in [1.82, 2.24) is 0 Å². The average molecular weight is 374 g/mol. The summed E-state index contributed by atoms with van der Waals surface area (Å²) in [6.45, 7) is 5.35. The lowest BCUT2D eigenvalue weighted by atomic mass is 10.1. The monoisotopic (exact) mass is 374 g/mol. The molecule has 1 atom stereocenters. The third-order valence-electron chi connectivity index (χ3n) is 3.95. The van der Waals surface area contributed by atoms with E-state index in [0.717, 1.165) is 9.75 Å². The van der Waals surface area contributed by atoms with E-state index in [9.17, 15) is 14.4 Å². The number of carbonyl (C=O) groups excluding carboxylic acids is 3. The number of ketones is 2. The molecule has 5 nitrogen and oxygen atoms in total. The highest BCUT2D eigenvalue weighted by Crippen LogP contribution is 2.22. The van der Waals surface area contributed by atoms with Crippen LogP contribution in [0.1, 0.15) is 50.2 Å². The second kappa shape index (κ2) is 8.76. The van der Waals surface area contributed by atoms with Crippen LogP contribution in [0.4, 0.5) is 0 Å². The predicted molar refractivity (Wildman–Crippen MR) is 100 cm³/mol. The zero-order chi connectivity index (χ0) is 19.3. The number of thiophene rings is 1. The minimum Gasteiger partial charge on any atom is -0.497 e. The smallest absolute Gasteiger partial charge is 0.306 e. The molecule has 0 saturated heterocycles. The number of esters is 1. The summed E-state index contributed by atoms with van der Waals surface area (Å²) in [6, 6.07) is 8.42. The Morgan fingerprint density at radius 2 is 1.73 bits per heavy atom. The van der Waals surface area contributed by atoms with Crippen molar-refractivity contribution in [2.75, 3.05) is 7.11 Å². The van der Waals surface area contributed by atoms with Crippen LogP contribution in [0.2, 0.25) is 0 Å². The zero-order valence-electron chi connectivity index (χ0n) is 15.3. The lowest BCUT2D eigenvalue weighted by Crippen LogP contribution is -2.24. The molecule has 0 aliphatic rings. The fourth-order valence-corrected chi connectivity index (χ4v) is 3.50. The Balaban J connectivity index is 1.87. The van der Waals surface area contributed by atoms with Gasteiger partial charge in [0.25, 0.3) is 0 Å². The van der Waals surface area contributed by atoms with Gasteiger partial charge in [-0.05, 0) is 51.1 Å². The average Bonchev–Trinajstić information content (AvgIpc) is 2.97. The first-order valence-corrected chi connectivity index (χ1v) is 9.11. The summed E-state index contributed by atoms with van der Waals surface area (Å²) in [7, 11) is 1.54. The number of ether oxygens (including phenoxy) is 2. The van der Waals surface area contributed by atoms with E-state index in [1.807, 2.05) is 19.9 Å². The van der Waals surface area contributed by atoms with Crippen molar-refractivity contribution in [1.29, 1.82) is 0 Å². The van der Waals surface area contributed by atoms with Crippen molar-refractivity contribution >= 4 is 28.9 Å². The van der Waals surface area contributed by atoms with Gasteiger partial charge in [0.05, 0.1) is 13.5 Å². The summed E-state index contributed by atoms with van der Waals surface area (Å²) in [4.78, 5) is 38.5. The fourth-order valence-electron chi connectivity index (χ4n) is 2.56.